The van der Waals surface area contributed by atoms with Crippen molar-refractivity contribution in [3.63, 3.8) is 0 Å². The summed E-state index contributed by atoms with van der Waals surface area (Å²) in [5.41, 5.74) is 4.56. The fraction of sp³-hybridized carbons (Fsp3) is 0.300. The van der Waals surface area contributed by atoms with Crippen LogP contribution in [0.1, 0.15) is 30.0 Å². The first-order valence-corrected chi connectivity index (χ1v) is 5.71. The first-order chi connectivity index (χ1) is 7.59. The molecule has 1 amide bonds. The number of aryl methyl sites for hydroxylation is 1. The van der Waals surface area contributed by atoms with Crippen LogP contribution in [0.2, 0.25) is 0 Å². The predicted octanol–water partition coefficient (Wildman–Crippen LogP) is 1.01. The van der Waals surface area contributed by atoms with Gasteiger partial charge >= 0.3 is 0 Å². The van der Waals surface area contributed by atoms with Gasteiger partial charge in [-0.3, -0.25) is 9.20 Å². The number of rotatable bonds is 2. The van der Waals surface area contributed by atoms with Crippen molar-refractivity contribution in [1.29, 1.82) is 0 Å². The summed E-state index contributed by atoms with van der Waals surface area (Å²) in [6.07, 6.45) is 1.83. The van der Waals surface area contributed by atoms with Crippen LogP contribution in [0, 0.1) is 6.92 Å². The molecule has 2 heterocycles. The van der Waals surface area contributed by atoms with E-state index >= 15 is 0 Å². The smallest absolute Gasteiger partial charge is 0.290 e. The number of thiazole rings is 1. The van der Waals surface area contributed by atoms with Crippen molar-refractivity contribution in [1.82, 2.24) is 14.8 Å². The molecule has 2 rings (SSSR count). The van der Waals surface area contributed by atoms with Crippen molar-refractivity contribution in [3.8, 4) is 0 Å². The van der Waals surface area contributed by atoms with Gasteiger partial charge < -0.3 is 5.48 Å². The Morgan fingerprint density at radius 3 is 2.88 bits per heavy atom. The second kappa shape index (κ2) is 5.07. The molecule has 0 atom stereocenters. The van der Waals surface area contributed by atoms with E-state index in [0.29, 0.717) is 11.4 Å². The van der Waals surface area contributed by atoms with Crippen molar-refractivity contribution in [2.24, 2.45) is 5.10 Å². The minimum absolute atomic E-state index is 0. The molecule has 0 fully saturated rings. The number of nitrogens with zero attached hydrogens (tertiary/aromatic N) is 3. The Balaban J connectivity index is 0.00000144. The zero-order chi connectivity index (χ0) is 11.7. The Bertz CT molecular complexity index is 566. The van der Waals surface area contributed by atoms with Crippen LogP contribution in [-0.2, 0) is 0 Å². The van der Waals surface area contributed by atoms with Gasteiger partial charge in [0.1, 0.15) is 5.69 Å². The fourth-order valence-electron chi connectivity index (χ4n) is 1.38. The summed E-state index contributed by atoms with van der Waals surface area (Å²) in [5.74, 6) is -0.232. The number of aromatic nitrogens is 2. The Morgan fingerprint density at radius 1 is 1.53 bits per heavy atom. The molecule has 0 aliphatic rings. The predicted molar refractivity (Wildman–Crippen MR) is 67.7 cm³/mol. The van der Waals surface area contributed by atoms with E-state index in [1.807, 2.05) is 32.3 Å². The number of hydrogen-bond donors (Lipinski definition) is 1. The molecule has 0 aromatic carbocycles. The van der Waals surface area contributed by atoms with Gasteiger partial charge in [0.2, 0.25) is 0 Å². The minimum Gasteiger partial charge on any atom is -0.412 e. The Kier molecular flexibility index (Phi) is 3.97. The quantitative estimate of drug-likeness (QED) is 0.640. The van der Waals surface area contributed by atoms with Gasteiger partial charge in [-0.25, -0.2) is 10.4 Å². The SMILES string of the molecule is CC(C)=NNC(=O)c1c(C)nc2sccn12.O. The molecular weight excluding hydrogens is 240 g/mol. The minimum atomic E-state index is -0.232. The second-order valence-electron chi connectivity index (χ2n) is 3.60. The van der Waals surface area contributed by atoms with Gasteiger partial charge in [-0.2, -0.15) is 5.10 Å². The van der Waals surface area contributed by atoms with Crippen LogP contribution in [-0.4, -0.2) is 26.5 Å². The van der Waals surface area contributed by atoms with E-state index in [-0.39, 0.29) is 11.4 Å². The molecule has 92 valence electrons. The third kappa shape index (κ3) is 2.51. The number of nitrogens with one attached hydrogen (secondary N) is 1. The molecule has 7 heteroatoms. The van der Waals surface area contributed by atoms with Crippen molar-refractivity contribution in [3.05, 3.63) is 23.0 Å². The maximum absolute atomic E-state index is 11.9. The lowest BCUT2D eigenvalue weighted by molar-refractivity contribution is 0.0948. The molecule has 2 aromatic rings. The summed E-state index contributed by atoms with van der Waals surface area (Å²) in [5, 5.41) is 5.79. The highest BCUT2D eigenvalue weighted by Gasteiger charge is 2.16. The van der Waals surface area contributed by atoms with Crippen molar-refractivity contribution >= 4 is 27.9 Å². The highest BCUT2D eigenvalue weighted by atomic mass is 32.1. The van der Waals surface area contributed by atoms with Crippen LogP contribution in [0.15, 0.2) is 16.7 Å². The molecule has 0 aliphatic heterocycles. The highest BCUT2D eigenvalue weighted by Crippen LogP contribution is 2.16. The molecule has 3 N–H and O–H groups in total. The van der Waals surface area contributed by atoms with Gasteiger partial charge in [-0.1, -0.05) is 0 Å². The summed E-state index contributed by atoms with van der Waals surface area (Å²) >= 11 is 1.50. The van der Waals surface area contributed by atoms with E-state index in [1.165, 1.54) is 11.3 Å². The molecule has 0 radical (unpaired) electrons. The van der Waals surface area contributed by atoms with E-state index in [2.05, 4.69) is 15.5 Å². The first-order valence-electron chi connectivity index (χ1n) is 4.83. The zero-order valence-corrected chi connectivity index (χ0v) is 10.6. The lowest BCUT2D eigenvalue weighted by Crippen LogP contribution is -2.21. The second-order valence-corrected chi connectivity index (χ2v) is 4.47. The molecule has 0 bridgehead atoms. The molecule has 0 saturated heterocycles. The molecular formula is C10H14N4O2S. The van der Waals surface area contributed by atoms with Gasteiger partial charge in [0.15, 0.2) is 4.96 Å². The van der Waals surface area contributed by atoms with Gasteiger partial charge in [0.25, 0.3) is 5.91 Å². The third-order valence-corrected chi connectivity index (χ3v) is 2.79. The topological polar surface area (TPSA) is 90.3 Å². The average Bonchev–Trinajstić information content (AvgIpc) is 2.73. The number of carbonyl (C=O) groups is 1. The Labute approximate surface area is 102 Å². The number of amides is 1. The van der Waals surface area contributed by atoms with E-state index in [1.54, 1.807) is 4.40 Å². The molecule has 0 unspecified atom stereocenters. The maximum atomic E-state index is 11.9. The van der Waals surface area contributed by atoms with Crippen LogP contribution in [0.25, 0.3) is 4.96 Å². The van der Waals surface area contributed by atoms with E-state index in [4.69, 9.17) is 0 Å². The fourth-order valence-corrected chi connectivity index (χ4v) is 2.14. The lowest BCUT2D eigenvalue weighted by Gasteiger charge is -1.99. The summed E-state index contributed by atoms with van der Waals surface area (Å²) in [4.78, 5) is 17.0. The summed E-state index contributed by atoms with van der Waals surface area (Å²) in [7, 11) is 0. The largest absolute Gasteiger partial charge is 0.412 e. The lowest BCUT2D eigenvalue weighted by atomic mass is 10.3. The molecule has 17 heavy (non-hydrogen) atoms. The molecule has 0 saturated carbocycles. The Morgan fingerprint density at radius 2 is 2.24 bits per heavy atom. The number of fused-ring (bicyclic) bond motifs is 1. The summed E-state index contributed by atoms with van der Waals surface area (Å²) in [6, 6.07) is 0. The van der Waals surface area contributed by atoms with Crippen LogP contribution in [0.4, 0.5) is 0 Å². The summed E-state index contributed by atoms with van der Waals surface area (Å²) < 4.78 is 1.77. The number of hydrogen-bond acceptors (Lipinski definition) is 4. The van der Waals surface area contributed by atoms with Crippen LogP contribution < -0.4 is 5.43 Å². The van der Waals surface area contributed by atoms with Gasteiger partial charge in [-0.15, -0.1) is 11.3 Å². The van der Waals surface area contributed by atoms with Gasteiger partial charge in [-0.05, 0) is 20.8 Å². The summed E-state index contributed by atoms with van der Waals surface area (Å²) in [6.45, 7) is 5.46. The van der Waals surface area contributed by atoms with Crippen molar-refractivity contribution < 1.29 is 10.3 Å². The first kappa shape index (κ1) is 13.3. The molecule has 2 aromatic heterocycles. The zero-order valence-electron chi connectivity index (χ0n) is 9.81. The van der Waals surface area contributed by atoms with Crippen LogP contribution >= 0.6 is 11.3 Å². The normalized spacial score (nSPS) is 9.82. The number of hydrazone groups is 1. The van der Waals surface area contributed by atoms with E-state index in [0.717, 1.165) is 10.7 Å². The van der Waals surface area contributed by atoms with Crippen LogP contribution in [0.3, 0.4) is 0 Å². The standard InChI is InChI=1S/C10H12N4OS.H2O/c1-6(2)12-13-9(15)8-7(3)11-10-14(8)4-5-16-10;/h4-5H,1-3H3,(H,13,15);1H2. The third-order valence-electron chi connectivity index (χ3n) is 2.03. The average molecular weight is 254 g/mol. The molecule has 0 aliphatic carbocycles. The van der Waals surface area contributed by atoms with E-state index in [9.17, 15) is 4.79 Å². The van der Waals surface area contributed by atoms with Gasteiger partial charge in [0, 0.05) is 17.3 Å². The van der Waals surface area contributed by atoms with Gasteiger partial charge in [0.05, 0.1) is 5.69 Å². The number of imidazole rings is 1. The molecule has 6 nitrogen and oxygen atoms in total. The van der Waals surface area contributed by atoms with Crippen molar-refractivity contribution in [2.45, 2.75) is 20.8 Å². The monoisotopic (exact) mass is 254 g/mol. The number of carbonyl (C=O) groups excluding carboxylic acids is 1. The van der Waals surface area contributed by atoms with E-state index < -0.39 is 0 Å². The van der Waals surface area contributed by atoms with Crippen molar-refractivity contribution in [2.75, 3.05) is 0 Å². The maximum Gasteiger partial charge on any atom is 0.290 e. The Hall–Kier alpha value is -1.73. The molecule has 0 spiro atoms. The van der Waals surface area contributed by atoms with Crippen LogP contribution in [0.5, 0.6) is 0 Å². The highest BCUT2D eigenvalue weighted by molar-refractivity contribution is 7.15.